The summed E-state index contributed by atoms with van der Waals surface area (Å²) in [6, 6.07) is 1.57. The molecule has 3 N–H and O–H groups in total. The Morgan fingerprint density at radius 3 is 2.86 bits per heavy atom. The average molecular weight is 233 g/mol. The number of amides is 2. The van der Waals surface area contributed by atoms with Crippen LogP contribution in [0.3, 0.4) is 0 Å². The van der Waals surface area contributed by atoms with Crippen LogP contribution in [-0.2, 0) is 4.79 Å². The molecule has 76 valence electrons. The molecule has 0 aromatic carbocycles. The summed E-state index contributed by atoms with van der Waals surface area (Å²) >= 11 is 6.65. The quantitative estimate of drug-likeness (QED) is 0.771. The lowest BCUT2D eigenvalue weighted by Crippen LogP contribution is -2.16. The Morgan fingerprint density at radius 2 is 2.29 bits per heavy atom. The Bertz CT molecular complexity index is 351. The van der Waals surface area contributed by atoms with E-state index in [1.165, 1.54) is 11.3 Å². The molecule has 0 aliphatic carbocycles. The lowest BCUT2D eigenvalue weighted by molar-refractivity contribution is -0.115. The van der Waals surface area contributed by atoms with E-state index in [1.807, 2.05) is 0 Å². The first kappa shape index (κ1) is 11.0. The Labute approximate surface area is 90.0 Å². The van der Waals surface area contributed by atoms with Crippen LogP contribution in [0.4, 0.5) is 5.00 Å². The van der Waals surface area contributed by atoms with Crippen molar-refractivity contribution in [2.24, 2.45) is 5.73 Å². The van der Waals surface area contributed by atoms with Gasteiger partial charge in [0.15, 0.2) is 0 Å². The molecule has 0 saturated carbocycles. The maximum Gasteiger partial charge on any atom is 0.251 e. The number of carbonyl (C=O) groups is 2. The first-order chi connectivity index (χ1) is 6.65. The zero-order chi connectivity index (χ0) is 10.6. The minimum atomic E-state index is -0.549. The summed E-state index contributed by atoms with van der Waals surface area (Å²) in [6.07, 6.45) is 0.220. The predicted molar refractivity (Wildman–Crippen MR) is 56.8 cm³/mol. The van der Waals surface area contributed by atoms with Crippen LogP contribution in [0.25, 0.3) is 0 Å². The van der Waals surface area contributed by atoms with Crippen LogP contribution in [0.1, 0.15) is 16.8 Å². The van der Waals surface area contributed by atoms with Crippen molar-refractivity contribution < 1.29 is 9.59 Å². The van der Waals surface area contributed by atoms with E-state index >= 15 is 0 Å². The number of anilines is 1. The van der Waals surface area contributed by atoms with E-state index in [0.29, 0.717) is 10.6 Å². The van der Waals surface area contributed by atoms with Gasteiger partial charge in [-0.25, -0.2) is 0 Å². The van der Waals surface area contributed by atoms with Crippen molar-refractivity contribution in [2.75, 3.05) is 11.2 Å². The lowest BCUT2D eigenvalue weighted by atomic mass is 10.3. The van der Waals surface area contributed by atoms with Gasteiger partial charge < -0.3 is 11.1 Å². The van der Waals surface area contributed by atoms with E-state index in [2.05, 4.69) is 5.32 Å². The fourth-order valence-electron chi connectivity index (χ4n) is 0.875. The molecule has 6 heteroatoms. The first-order valence-corrected chi connectivity index (χ1v) is 5.29. The molecule has 2 amide bonds. The summed E-state index contributed by atoms with van der Waals surface area (Å²) in [4.78, 5) is 22.0. The molecular weight excluding hydrogens is 224 g/mol. The monoisotopic (exact) mass is 232 g/mol. The number of alkyl halides is 1. The molecule has 1 aromatic rings. The lowest BCUT2D eigenvalue weighted by Gasteiger charge is -2.02. The number of rotatable bonds is 4. The number of thiophene rings is 1. The SMILES string of the molecule is NC(=O)c1ccsc1NC(=O)CCCl. The fraction of sp³-hybridized carbons (Fsp3) is 0.250. The van der Waals surface area contributed by atoms with Gasteiger partial charge in [-0.3, -0.25) is 9.59 Å². The van der Waals surface area contributed by atoms with Crippen LogP contribution >= 0.6 is 22.9 Å². The fourth-order valence-corrected chi connectivity index (χ4v) is 1.86. The zero-order valence-electron chi connectivity index (χ0n) is 7.25. The molecule has 0 fully saturated rings. The third kappa shape index (κ3) is 2.71. The van der Waals surface area contributed by atoms with Crippen LogP contribution < -0.4 is 11.1 Å². The zero-order valence-corrected chi connectivity index (χ0v) is 8.82. The van der Waals surface area contributed by atoms with Gasteiger partial charge in [0.05, 0.1) is 5.56 Å². The van der Waals surface area contributed by atoms with Crippen LogP contribution in [0.15, 0.2) is 11.4 Å². The van der Waals surface area contributed by atoms with Crippen molar-refractivity contribution in [1.29, 1.82) is 0 Å². The highest BCUT2D eigenvalue weighted by Gasteiger charge is 2.11. The molecule has 0 radical (unpaired) electrons. The number of nitrogens with one attached hydrogen (secondary N) is 1. The molecule has 0 aliphatic rings. The Morgan fingerprint density at radius 1 is 1.57 bits per heavy atom. The van der Waals surface area contributed by atoms with Gasteiger partial charge in [0.25, 0.3) is 5.91 Å². The Hall–Kier alpha value is -1.07. The van der Waals surface area contributed by atoms with Crippen molar-refractivity contribution in [1.82, 2.24) is 0 Å². The van der Waals surface area contributed by atoms with Crippen LogP contribution in [0.5, 0.6) is 0 Å². The van der Waals surface area contributed by atoms with Crippen LogP contribution in [0, 0.1) is 0 Å². The third-order valence-corrected chi connectivity index (χ3v) is 2.52. The van der Waals surface area contributed by atoms with E-state index in [0.717, 1.165) is 0 Å². The molecule has 1 aromatic heterocycles. The van der Waals surface area contributed by atoms with Gasteiger partial charge in [0, 0.05) is 12.3 Å². The van der Waals surface area contributed by atoms with Gasteiger partial charge in [-0.05, 0) is 11.4 Å². The summed E-state index contributed by atoms with van der Waals surface area (Å²) in [6.45, 7) is 0. The standard InChI is InChI=1S/C8H9ClN2O2S/c9-3-1-6(12)11-8-5(7(10)13)2-4-14-8/h2,4H,1,3H2,(H2,10,13)(H,11,12). The number of hydrogen-bond acceptors (Lipinski definition) is 3. The second-order valence-corrected chi connectivity index (χ2v) is 3.81. The molecule has 1 heterocycles. The van der Waals surface area contributed by atoms with Crippen LogP contribution in [0.2, 0.25) is 0 Å². The molecule has 14 heavy (non-hydrogen) atoms. The first-order valence-electron chi connectivity index (χ1n) is 3.88. The topological polar surface area (TPSA) is 72.2 Å². The molecule has 0 bridgehead atoms. The largest absolute Gasteiger partial charge is 0.366 e. The highest BCUT2D eigenvalue weighted by molar-refractivity contribution is 7.14. The number of nitrogens with two attached hydrogens (primary N) is 1. The minimum Gasteiger partial charge on any atom is -0.366 e. The third-order valence-electron chi connectivity index (χ3n) is 1.51. The molecule has 1 rings (SSSR count). The van der Waals surface area contributed by atoms with Gasteiger partial charge in [0.1, 0.15) is 5.00 Å². The summed E-state index contributed by atoms with van der Waals surface area (Å²) < 4.78 is 0. The summed E-state index contributed by atoms with van der Waals surface area (Å²) in [5, 5.41) is 4.74. The second-order valence-electron chi connectivity index (χ2n) is 2.51. The highest BCUT2D eigenvalue weighted by Crippen LogP contribution is 2.22. The molecular formula is C8H9ClN2O2S. The van der Waals surface area contributed by atoms with Crippen molar-refractivity contribution in [3.63, 3.8) is 0 Å². The van der Waals surface area contributed by atoms with Gasteiger partial charge in [-0.15, -0.1) is 22.9 Å². The minimum absolute atomic E-state index is 0.218. The molecule has 0 spiro atoms. The normalized spacial score (nSPS) is 9.79. The smallest absolute Gasteiger partial charge is 0.251 e. The van der Waals surface area contributed by atoms with Crippen molar-refractivity contribution >= 4 is 39.8 Å². The number of hydrogen-bond donors (Lipinski definition) is 2. The van der Waals surface area contributed by atoms with E-state index < -0.39 is 5.91 Å². The van der Waals surface area contributed by atoms with Gasteiger partial charge in [-0.1, -0.05) is 0 Å². The molecule has 0 atom stereocenters. The molecule has 0 saturated heterocycles. The summed E-state index contributed by atoms with van der Waals surface area (Å²) in [5.74, 6) is -0.513. The van der Waals surface area contributed by atoms with E-state index in [9.17, 15) is 9.59 Å². The van der Waals surface area contributed by atoms with E-state index in [-0.39, 0.29) is 18.2 Å². The van der Waals surface area contributed by atoms with E-state index in [1.54, 1.807) is 11.4 Å². The number of primary amides is 1. The molecule has 0 aliphatic heterocycles. The van der Waals surface area contributed by atoms with E-state index in [4.69, 9.17) is 17.3 Å². The molecule has 4 nitrogen and oxygen atoms in total. The number of halogens is 1. The number of carbonyl (C=O) groups excluding carboxylic acids is 2. The maximum atomic E-state index is 11.1. The van der Waals surface area contributed by atoms with Crippen molar-refractivity contribution in [2.45, 2.75) is 6.42 Å². The summed E-state index contributed by atoms with van der Waals surface area (Å²) in [5.41, 5.74) is 5.43. The second kappa shape index (κ2) is 4.97. The molecule has 0 unspecified atom stereocenters. The van der Waals surface area contributed by atoms with Crippen molar-refractivity contribution in [3.05, 3.63) is 17.0 Å². The maximum absolute atomic E-state index is 11.1. The van der Waals surface area contributed by atoms with Gasteiger partial charge >= 0.3 is 0 Å². The Balaban J connectivity index is 2.71. The average Bonchev–Trinajstić information content (AvgIpc) is 2.52. The Kier molecular flexibility index (Phi) is 3.91. The van der Waals surface area contributed by atoms with Gasteiger partial charge in [-0.2, -0.15) is 0 Å². The van der Waals surface area contributed by atoms with Gasteiger partial charge in [0.2, 0.25) is 5.91 Å². The predicted octanol–water partition coefficient (Wildman–Crippen LogP) is 1.41. The van der Waals surface area contributed by atoms with Crippen LogP contribution in [-0.4, -0.2) is 17.7 Å². The summed E-state index contributed by atoms with van der Waals surface area (Å²) in [7, 11) is 0. The van der Waals surface area contributed by atoms with Crippen molar-refractivity contribution in [3.8, 4) is 0 Å². The highest BCUT2D eigenvalue weighted by atomic mass is 35.5.